The van der Waals surface area contributed by atoms with Crippen molar-refractivity contribution < 1.29 is 14.5 Å². The predicted molar refractivity (Wildman–Crippen MR) is 71.3 cm³/mol. The first-order chi connectivity index (χ1) is 10.1. The number of nitro groups is 1. The molecule has 10 heteroatoms. The highest BCUT2D eigenvalue weighted by molar-refractivity contribution is 5.88. The summed E-state index contributed by atoms with van der Waals surface area (Å²) in [5.41, 5.74) is -0.158. The standard InChI is InChI=1S/C11H12N6O4/c1-3-21-11(18)7-4-15-16(5-7)10-8(17(19)20)9(12-2)13-6-14-10/h4-6H,3H2,1-2H3,(H,12,13,14). The molecule has 2 rings (SSSR count). The molecule has 0 saturated heterocycles. The molecule has 2 aromatic heterocycles. The topological polar surface area (TPSA) is 125 Å². The van der Waals surface area contributed by atoms with Crippen molar-refractivity contribution in [3.63, 3.8) is 0 Å². The van der Waals surface area contributed by atoms with Gasteiger partial charge in [-0.25, -0.2) is 19.4 Å². The van der Waals surface area contributed by atoms with Crippen LogP contribution in [0.1, 0.15) is 17.3 Å². The molecule has 10 nitrogen and oxygen atoms in total. The van der Waals surface area contributed by atoms with Gasteiger partial charge < -0.3 is 10.1 Å². The lowest BCUT2D eigenvalue weighted by Gasteiger charge is -2.05. The molecule has 2 heterocycles. The van der Waals surface area contributed by atoms with Crippen LogP contribution < -0.4 is 5.32 Å². The van der Waals surface area contributed by atoms with Crippen LogP contribution in [0.2, 0.25) is 0 Å². The van der Waals surface area contributed by atoms with Crippen LogP contribution >= 0.6 is 0 Å². The second kappa shape index (κ2) is 5.94. The van der Waals surface area contributed by atoms with Crippen LogP contribution in [-0.4, -0.2) is 44.3 Å². The molecule has 0 atom stereocenters. The highest BCUT2D eigenvalue weighted by Gasteiger charge is 2.24. The summed E-state index contributed by atoms with van der Waals surface area (Å²) in [6.07, 6.45) is 3.73. The molecule has 0 aliphatic heterocycles. The molecule has 0 fully saturated rings. The number of ether oxygens (including phenoxy) is 1. The van der Waals surface area contributed by atoms with Crippen LogP contribution in [0, 0.1) is 10.1 Å². The van der Waals surface area contributed by atoms with E-state index in [1.165, 1.54) is 25.8 Å². The van der Waals surface area contributed by atoms with Gasteiger partial charge in [0.2, 0.25) is 11.6 Å². The maximum absolute atomic E-state index is 11.6. The van der Waals surface area contributed by atoms with E-state index in [0.717, 1.165) is 4.68 Å². The molecule has 0 amide bonds. The summed E-state index contributed by atoms with van der Waals surface area (Å²) in [5.74, 6) is -0.553. The van der Waals surface area contributed by atoms with Crippen molar-refractivity contribution in [3.8, 4) is 5.82 Å². The number of hydrogen-bond acceptors (Lipinski definition) is 8. The lowest BCUT2D eigenvalue weighted by Crippen LogP contribution is -2.08. The van der Waals surface area contributed by atoms with Gasteiger partial charge in [-0.3, -0.25) is 10.1 Å². The lowest BCUT2D eigenvalue weighted by molar-refractivity contribution is -0.384. The molecule has 110 valence electrons. The van der Waals surface area contributed by atoms with E-state index >= 15 is 0 Å². The Bertz CT molecular complexity index is 683. The summed E-state index contributed by atoms with van der Waals surface area (Å²) in [6.45, 7) is 1.90. The number of carbonyl (C=O) groups is 1. The van der Waals surface area contributed by atoms with E-state index in [-0.39, 0.29) is 29.5 Å². The Hall–Kier alpha value is -3.04. The molecular formula is C11H12N6O4. The van der Waals surface area contributed by atoms with Crippen LogP contribution in [0.4, 0.5) is 11.5 Å². The normalized spacial score (nSPS) is 10.2. The SMILES string of the molecule is CCOC(=O)c1cnn(-c2ncnc(NC)c2[N+](=O)[O-])c1. The summed E-state index contributed by atoms with van der Waals surface area (Å²) >= 11 is 0. The minimum atomic E-state index is -0.618. The van der Waals surface area contributed by atoms with Crippen molar-refractivity contribution in [2.75, 3.05) is 19.0 Å². The van der Waals surface area contributed by atoms with Crippen molar-refractivity contribution >= 4 is 17.5 Å². The van der Waals surface area contributed by atoms with Crippen LogP contribution in [0.25, 0.3) is 5.82 Å². The third kappa shape index (κ3) is 2.78. The zero-order valence-electron chi connectivity index (χ0n) is 11.3. The third-order valence-corrected chi connectivity index (χ3v) is 2.53. The first-order valence-corrected chi connectivity index (χ1v) is 5.97. The van der Waals surface area contributed by atoms with Crippen molar-refractivity contribution in [3.05, 3.63) is 34.4 Å². The van der Waals surface area contributed by atoms with Crippen LogP contribution in [0.5, 0.6) is 0 Å². The molecule has 0 aliphatic carbocycles. The van der Waals surface area contributed by atoms with E-state index in [4.69, 9.17) is 4.74 Å². The average molecular weight is 292 g/mol. The lowest BCUT2D eigenvalue weighted by atomic mass is 10.4. The fourth-order valence-electron chi connectivity index (χ4n) is 1.65. The van der Waals surface area contributed by atoms with Crippen LogP contribution in [-0.2, 0) is 4.74 Å². The fourth-order valence-corrected chi connectivity index (χ4v) is 1.65. The monoisotopic (exact) mass is 292 g/mol. The Morgan fingerprint density at radius 3 is 2.90 bits per heavy atom. The smallest absolute Gasteiger partial charge is 0.355 e. The van der Waals surface area contributed by atoms with Crippen LogP contribution in [0.3, 0.4) is 0 Å². The van der Waals surface area contributed by atoms with Crippen molar-refractivity contribution in [1.29, 1.82) is 0 Å². The van der Waals surface area contributed by atoms with E-state index in [9.17, 15) is 14.9 Å². The minimum absolute atomic E-state index is 0.0464. The Morgan fingerprint density at radius 2 is 2.29 bits per heavy atom. The van der Waals surface area contributed by atoms with Gasteiger partial charge in [0, 0.05) is 13.2 Å². The number of esters is 1. The number of carbonyl (C=O) groups excluding carboxylic acids is 1. The molecule has 0 aliphatic rings. The van der Waals surface area contributed by atoms with Gasteiger partial charge in [-0.15, -0.1) is 0 Å². The van der Waals surface area contributed by atoms with Crippen molar-refractivity contribution in [1.82, 2.24) is 19.7 Å². The maximum atomic E-state index is 11.6. The Balaban J connectivity index is 2.48. The van der Waals surface area contributed by atoms with E-state index in [2.05, 4.69) is 20.4 Å². The van der Waals surface area contributed by atoms with Gasteiger partial charge in [0.15, 0.2) is 0 Å². The first kappa shape index (κ1) is 14.4. The number of nitrogens with one attached hydrogen (secondary N) is 1. The summed E-state index contributed by atoms with van der Waals surface area (Å²) in [7, 11) is 1.51. The molecule has 0 spiro atoms. The quantitative estimate of drug-likeness (QED) is 0.487. The first-order valence-electron chi connectivity index (χ1n) is 5.97. The summed E-state index contributed by atoms with van der Waals surface area (Å²) in [4.78, 5) is 29.8. The highest BCUT2D eigenvalue weighted by atomic mass is 16.6. The molecule has 0 aromatic carbocycles. The second-order valence-electron chi connectivity index (χ2n) is 3.80. The third-order valence-electron chi connectivity index (χ3n) is 2.53. The number of aromatic nitrogens is 4. The highest BCUT2D eigenvalue weighted by Crippen LogP contribution is 2.26. The number of hydrogen-bond donors (Lipinski definition) is 1. The van der Waals surface area contributed by atoms with E-state index in [0.29, 0.717) is 0 Å². The number of anilines is 1. The second-order valence-corrected chi connectivity index (χ2v) is 3.80. The van der Waals surface area contributed by atoms with Gasteiger partial charge in [-0.2, -0.15) is 5.10 Å². The maximum Gasteiger partial charge on any atom is 0.355 e. The number of rotatable bonds is 5. The van der Waals surface area contributed by atoms with Gasteiger partial charge in [0.05, 0.1) is 23.3 Å². The summed E-state index contributed by atoms with van der Waals surface area (Å²) < 4.78 is 5.96. The average Bonchev–Trinajstić information content (AvgIpc) is 2.96. The molecule has 21 heavy (non-hydrogen) atoms. The molecule has 0 bridgehead atoms. The zero-order valence-corrected chi connectivity index (χ0v) is 11.3. The van der Waals surface area contributed by atoms with Gasteiger partial charge in [0.1, 0.15) is 6.33 Å². The number of nitrogens with zero attached hydrogens (tertiary/aromatic N) is 5. The molecular weight excluding hydrogens is 280 g/mol. The van der Waals surface area contributed by atoms with Gasteiger partial charge in [0.25, 0.3) is 0 Å². The molecule has 0 unspecified atom stereocenters. The fraction of sp³-hybridized carbons (Fsp3) is 0.273. The summed E-state index contributed by atoms with van der Waals surface area (Å²) in [6, 6.07) is 0. The van der Waals surface area contributed by atoms with Gasteiger partial charge in [-0.1, -0.05) is 0 Å². The Morgan fingerprint density at radius 1 is 1.52 bits per heavy atom. The largest absolute Gasteiger partial charge is 0.462 e. The molecule has 2 aromatic rings. The van der Waals surface area contributed by atoms with Gasteiger partial charge >= 0.3 is 11.7 Å². The zero-order chi connectivity index (χ0) is 15.4. The van der Waals surface area contributed by atoms with Crippen molar-refractivity contribution in [2.45, 2.75) is 6.92 Å². The van der Waals surface area contributed by atoms with E-state index in [1.54, 1.807) is 6.92 Å². The van der Waals surface area contributed by atoms with Crippen LogP contribution in [0.15, 0.2) is 18.7 Å². The Labute approximate surface area is 118 Å². The molecule has 0 saturated carbocycles. The molecule has 1 N–H and O–H groups in total. The predicted octanol–water partition coefficient (Wildman–Crippen LogP) is 0.789. The minimum Gasteiger partial charge on any atom is -0.462 e. The molecule has 0 radical (unpaired) electrons. The Kier molecular flexibility index (Phi) is 4.07. The van der Waals surface area contributed by atoms with E-state index < -0.39 is 10.9 Å². The van der Waals surface area contributed by atoms with Gasteiger partial charge in [-0.05, 0) is 6.92 Å². The van der Waals surface area contributed by atoms with Crippen molar-refractivity contribution in [2.24, 2.45) is 0 Å². The summed E-state index contributed by atoms with van der Waals surface area (Å²) in [5, 5.41) is 17.7. The van der Waals surface area contributed by atoms with E-state index in [1.807, 2.05) is 0 Å².